The van der Waals surface area contributed by atoms with E-state index < -0.39 is 5.41 Å². The lowest BCUT2D eigenvalue weighted by Crippen LogP contribution is -2.28. The van der Waals surface area contributed by atoms with E-state index in [1.165, 1.54) is 27.8 Å². The Balaban J connectivity index is 1.09. The van der Waals surface area contributed by atoms with Crippen molar-refractivity contribution in [3.05, 3.63) is 271 Å². The minimum Gasteiger partial charge on any atom is -0.278 e. The molecule has 0 aliphatic heterocycles. The van der Waals surface area contributed by atoms with Crippen LogP contribution in [0.25, 0.3) is 100 Å². The van der Waals surface area contributed by atoms with E-state index >= 15 is 0 Å². The van der Waals surface area contributed by atoms with E-state index in [0.29, 0.717) is 17.7 Å². The molecule has 14 rings (SSSR count). The van der Waals surface area contributed by atoms with Gasteiger partial charge in [0.2, 0.25) is 11.9 Å². The van der Waals surface area contributed by atoms with Crippen molar-refractivity contribution in [3.8, 4) is 56.7 Å². The largest absolute Gasteiger partial charge is 0.278 e. The smallest absolute Gasteiger partial charge is 0.240 e. The summed E-state index contributed by atoms with van der Waals surface area (Å²) in [5.41, 5.74) is 16.3. The lowest BCUT2D eigenvalue weighted by molar-refractivity contribution is 0.768. The van der Waals surface area contributed by atoms with Crippen molar-refractivity contribution in [2.45, 2.75) is 5.41 Å². The standard InChI is InChI=1S/C64H41N5/c1-4-21-42(22-5-1)47-33-20-40-58-59(47)53-32-13-17-39-57(53)68(58)62-65-61(66-63(67-62)69-56-38-16-12-31-51(56)52-35-19-34-48(60(52)69)43-23-6-2-7-24-43)44-25-18-28-46(41-44)64(45-26-8-3-9-27-45)54-36-14-10-29-49(54)50-30-11-15-37-55(50)64/h1-41H. The van der Waals surface area contributed by atoms with Gasteiger partial charge in [0.1, 0.15) is 0 Å². The van der Waals surface area contributed by atoms with Crippen LogP contribution in [-0.4, -0.2) is 24.1 Å². The summed E-state index contributed by atoms with van der Waals surface area (Å²) >= 11 is 0. The highest BCUT2D eigenvalue weighted by molar-refractivity contribution is 6.16. The Bertz CT molecular complexity index is 4090. The van der Waals surface area contributed by atoms with Crippen molar-refractivity contribution in [3.63, 3.8) is 0 Å². The maximum absolute atomic E-state index is 5.61. The molecule has 3 heterocycles. The molecule has 1 aliphatic rings. The molecule has 0 saturated heterocycles. The number of rotatable bonds is 7. The third-order valence-corrected chi connectivity index (χ3v) is 14.3. The molecule has 10 aromatic carbocycles. The third-order valence-electron chi connectivity index (χ3n) is 14.3. The highest BCUT2D eigenvalue weighted by atomic mass is 15.3. The molecule has 5 heteroatoms. The van der Waals surface area contributed by atoms with E-state index in [1.807, 2.05) is 0 Å². The van der Waals surface area contributed by atoms with Gasteiger partial charge in [-0.1, -0.05) is 224 Å². The first kappa shape index (κ1) is 39.0. The van der Waals surface area contributed by atoms with E-state index in [1.54, 1.807) is 0 Å². The topological polar surface area (TPSA) is 48.5 Å². The second-order valence-electron chi connectivity index (χ2n) is 17.9. The number of aromatic nitrogens is 5. The average Bonchev–Trinajstić information content (AvgIpc) is 4.06. The first-order chi connectivity index (χ1) is 34.3. The summed E-state index contributed by atoms with van der Waals surface area (Å²) in [6.45, 7) is 0. The van der Waals surface area contributed by atoms with E-state index in [2.05, 4.69) is 258 Å². The third kappa shape index (κ3) is 5.81. The Kier molecular flexibility index (Phi) is 8.73. The van der Waals surface area contributed by atoms with Gasteiger partial charge in [-0.15, -0.1) is 0 Å². The molecule has 13 aromatic rings. The van der Waals surface area contributed by atoms with Crippen LogP contribution in [0.1, 0.15) is 22.3 Å². The maximum Gasteiger partial charge on any atom is 0.240 e. The van der Waals surface area contributed by atoms with Crippen molar-refractivity contribution < 1.29 is 0 Å². The van der Waals surface area contributed by atoms with Crippen molar-refractivity contribution in [1.29, 1.82) is 0 Å². The molecule has 0 unspecified atom stereocenters. The second-order valence-corrected chi connectivity index (χ2v) is 17.9. The molecular weight excluding hydrogens is 839 g/mol. The SMILES string of the molecule is c1ccc(-c2cccc3c2c2ccccc2n3-c2nc(-c3cccc(C4(c5ccccc5)c5ccccc5-c5ccccc54)c3)nc(-n3c4ccccc4c4cccc(-c5ccccc5)c43)n2)cc1. The predicted octanol–water partition coefficient (Wildman–Crippen LogP) is 15.4. The van der Waals surface area contributed by atoms with Gasteiger partial charge in [0.15, 0.2) is 5.82 Å². The van der Waals surface area contributed by atoms with Crippen LogP contribution in [-0.2, 0) is 5.41 Å². The molecule has 69 heavy (non-hydrogen) atoms. The molecule has 0 bridgehead atoms. The number of benzene rings is 10. The molecule has 0 radical (unpaired) electrons. The van der Waals surface area contributed by atoms with Crippen molar-refractivity contribution >= 4 is 43.6 Å². The molecular formula is C64H41N5. The van der Waals surface area contributed by atoms with Gasteiger partial charge in [0, 0.05) is 32.7 Å². The Hall–Kier alpha value is -9.19. The van der Waals surface area contributed by atoms with Crippen LogP contribution in [0.4, 0.5) is 0 Å². The predicted molar refractivity (Wildman–Crippen MR) is 282 cm³/mol. The minimum atomic E-state index is -0.596. The zero-order valence-corrected chi connectivity index (χ0v) is 37.4. The fourth-order valence-electron chi connectivity index (χ4n) is 11.5. The van der Waals surface area contributed by atoms with Gasteiger partial charge in [-0.25, -0.2) is 0 Å². The lowest BCUT2D eigenvalue weighted by Gasteiger charge is -2.34. The second kappa shape index (κ2) is 15.4. The van der Waals surface area contributed by atoms with E-state index in [4.69, 9.17) is 15.0 Å². The minimum absolute atomic E-state index is 0.536. The lowest BCUT2D eigenvalue weighted by atomic mass is 9.67. The zero-order valence-electron chi connectivity index (χ0n) is 37.4. The Morgan fingerprint density at radius 1 is 0.304 bits per heavy atom. The van der Waals surface area contributed by atoms with Gasteiger partial charge in [-0.05, 0) is 74.3 Å². The molecule has 0 spiro atoms. The normalized spacial score (nSPS) is 12.8. The summed E-state index contributed by atoms with van der Waals surface area (Å²) in [4.78, 5) is 16.8. The van der Waals surface area contributed by atoms with Gasteiger partial charge in [-0.2, -0.15) is 15.0 Å². The van der Waals surface area contributed by atoms with Gasteiger partial charge in [0.05, 0.1) is 27.5 Å². The highest BCUT2D eigenvalue weighted by Crippen LogP contribution is 2.56. The van der Waals surface area contributed by atoms with Crippen molar-refractivity contribution in [2.24, 2.45) is 0 Å². The van der Waals surface area contributed by atoms with E-state index in [-0.39, 0.29) is 0 Å². The number of para-hydroxylation sites is 3. The van der Waals surface area contributed by atoms with Crippen LogP contribution in [0.5, 0.6) is 0 Å². The van der Waals surface area contributed by atoms with Gasteiger partial charge in [0.25, 0.3) is 0 Å². The van der Waals surface area contributed by atoms with Crippen LogP contribution >= 0.6 is 0 Å². The highest BCUT2D eigenvalue weighted by Gasteiger charge is 2.46. The van der Waals surface area contributed by atoms with Crippen LogP contribution in [0.3, 0.4) is 0 Å². The molecule has 0 saturated carbocycles. The maximum atomic E-state index is 5.61. The number of fused-ring (bicyclic) bond motifs is 9. The summed E-state index contributed by atoms with van der Waals surface area (Å²) < 4.78 is 4.49. The molecule has 1 aliphatic carbocycles. The summed E-state index contributed by atoms with van der Waals surface area (Å²) in [7, 11) is 0. The fraction of sp³-hybridized carbons (Fsp3) is 0.0156. The molecule has 0 atom stereocenters. The molecule has 0 amide bonds. The number of hydrogen-bond acceptors (Lipinski definition) is 3. The summed E-state index contributed by atoms with van der Waals surface area (Å²) in [6, 6.07) is 89.2. The van der Waals surface area contributed by atoms with E-state index in [9.17, 15) is 0 Å². The van der Waals surface area contributed by atoms with Crippen LogP contribution in [0.15, 0.2) is 249 Å². The Morgan fingerprint density at radius 2 is 0.768 bits per heavy atom. The van der Waals surface area contributed by atoms with Gasteiger partial charge in [-0.3, -0.25) is 9.13 Å². The summed E-state index contributed by atoms with van der Waals surface area (Å²) in [5.74, 6) is 1.65. The average molecular weight is 880 g/mol. The van der Waals surface area contributed by atoms with Crippen molar-refractivity contribution in [1.82, 2.24) is 24.1 Å². The van der Waals surface area contributed by atoms with E-state index in [0.717, 1.165) is 77.0 Å². The van der Waals surface area contributed by atoms with Gasteiger partial charge >= 0.3 is 0 Å². The molecule has 0 N–H and O–H groups in total. The molecule has 0 fully saturated rings. The number of hydrogen-bond donors (Lipinski definition) is 0. The molecule has 3 aromatic heterocycles. The van der Waals surface area contributed by atoms with Crippen LogP contribution in [0, 0.1) is 0 Å². The zero-order chi connectivity index (χ0) is 45.5. The monoisotopic (exact) mass is 879 g/mol. The first-order valence-electron chi connectivity index (χ1n) is 23.5. The van der Waals surface area contributed by atoms with Crippen LogP contribution < -0.4 is 0 Å². The quantitative estimate of drug-likeness (QED) is 0.160. The molecule has 322 valence electrons. The summed E-state index contributed by atoms with van der Waals surface area (Å²) in [5, 5.41) is 4.54. The summed E-state index contributed by atoms with van der Waals surface area (Å²) in [6.07, 6.45) is 0. The molecule has 5 nitrogen and oxygen atoms in total. The van der Waals surface area contributed by atoms with Gasteiger partial charge < -0.3 is 0 Å². The fourth-order valence-corrected chi connectivity index (χ4v) is 11.5. The van der Waals surface area contributed by atoms with Crippen LogP contribution in [0.2, 0.25) is 0 Å². The Labute approximate surface area is 398 Å². The Morgan fingerprint density at radius 3 is 1.48 bits per heavy atom. The van der Waals surface area contributed by atoms with Crippen molar-refractivity contribution in [2.75, 3.05) is 0 Å². The first-order valence-corrected chi connectivity index (χ1v) is 23.5. The number of nitrogens with zero attached hydrogens (tertiary/aromatic N) is 5.